The van der Waals surface area contributed by atoms with Crippen molar-refractivity contribution in [2.24, 2.45) is 5.73 Å². The van der Waals surface area contributed by atoms with Crippen LogP contribution in [0, 0.1) is 0 Å². The number of carbonyl (C=O) groups is 3. The number of ketones is 2. The fraction of sp³-hybridized carbons (Fsp3) is 0.400. The summed E-state index contributed by atoms with van der Waals surface area (Å²) in [5.41, 5.74) is 6.63. The molecule has 0 spiro atoms. The van der Waals surface area contributed by atoms with E-state index in [1.165, 1.54) is 7.11 Å². The van der Waals surface area contributed by atoms with Crippen LogP contribution in [0.15, 0.2) is 48.5 Å². The lowest BCUT2D eigenvalue weighted by Gasteiger charge is -2.22. The Hall–Kier alpha value is -3.19. The van der Waals surface area contributed by atoms with Gasteiger partial charge in [0.05, 0.1) is 13.5 Å². The zero-order valence-corrected chi connectivity index (χ0v) is 19.1. The van der Waals surface area contributed by atoms with Gasteiger partial charge in [0.2, 0.25) is 0 Å². The summed E-state index contributed by atoms with van der Waals surface area (Å²) in [5, 5.41) is 0. The largest absolute Gasteiger partial charge is 0.493 e. The first-order chi connectivity index (χ1) is 15.1. The van der Waals surface area contributed by atoms with Gasteiger partial charge in [0, 0.05) is 12.0 Å². The molecule has 1 unspecified atom stereocenters. The number of hydrogen-bond acceptors (Lipinski definition) is 7. The van der Waals surface area contributed by atoms with Crippen LogP contribution in [0.4, 0.5) is 0 Å². The Balaban J connectivity index is 1.89. The number of ether oxygens (including phenoxy) is 3. The Morgan fingerprint density at radius 2 is 1.69 bits per heavy atom. The summed E-state index contributed by atoms with van der Waals surface area (Å²) in [5.74, 6) is 0.0453. The van der Waals surface area contributed by atoms with Crippen molar-refractivity contribution in [2.45, 2.75) is 51.7 Å². The van der Waals surface area contributed by atoms with Gasteiger partial charge in [-0.3, -0.25) is 14.4 Å². The average molecular weight is 442 g/mol. The zero-order valence-electron chi connectivity index (χ0n) is 19.1. The van der Waals surface area contributed by atoms with Gasteiger partial charge >= 0.3 is 5.97 Å². The lowest BCUT2D eigenvalue weighted by atomic mass is 10.0. The van der Waals surface area contributed by atoms with Crippen molar-refractivity contribution in [3.63, 3.8) is 0 Å². The minimum Gasteiger partial charge on any atom is -0.493 e. The number of esters is 1. The molecule has 7 nitrogen and oxygen atoms in total. The van der Waals surface area contributed by atoms with E-state index in [9.17, 15) is 14.4 Å². The summed E-state index contributed by atoms with van der Waals surface area (Å²) in [4.78, 5) is 36.4. The van der Waals surface area contributed by atoms with E-state index >= 15 is 0 Å². The monoisotopic (exact) mass is 441 g/mol. The second-order valence-electron chi connectivity index (χ2n) is 8.44. The molecule has 2 aromatic carbocycles. The number of Topliss-reactive ketones (excluding diaryl/α,β-unsaturated/α-hetero) is 2. The van der Waals surface area contributed by atoms with Crippen molar-refractivity contribution in [2.75, 3.05) is 13.7 Å². The molecule has 0 fully saturated rings. The Morgan fingerprint density at radius 1 is 1.00 bits per heavy atom. The Bertz CT molecular complexity index is 933. The molecule has 2 aromatic rings. The van der Waals surface area contributed by atoms with Gasteiger partial charge < -0.3 is 19.9 Å². The third-order valence-electron chi connectivity index (χ3n) is 4.50. The maximum atomic E-state index is 12.2. The molecule has 0 heterocycles. The standard InChI is InChI=1S/C25H31NO6/c1-25(2,3)32-24(29)20(26)16-31-22-13-11-17(14-23(22)30-4)10-12-19(27)15-21(28)18-8-6-5-7-9-18/h5-9,11,13-14,20H,10,12,15-16,26H2,1-4H3. The first-order valence-electron chi connectivity index (χ1n) is 10.5. The minimum atomic E-state index is -0.932. The molecule has 0 aliphatic rings. The Kier molecular flexibility index (Phi) is 8.96. The minimum absolute atomic E-state index is 0.0648. The van der Waals surface area contributed by atoms with Crippen LogP contribution in [0.2, 0.25) is 0 Å². The molecule has 0 bridgehead atoms. The molecule has 0 aliphatic heterocycles. The van der Waals surface area contributed by atoms with E-state index in [4.69, 9.17) is 19.9 Å². The summed E-state index contributed by atoms with van der Waals surface area (Å²) >= 11 is 0. The van der Waals surface area contributed by atoms with E-state index < -0.39 is 17.6 Å². The summed E-state index contributed by atoms with van der Waals surface area (Å²) in [6, 6.07) is 13.1. The van der Waals surface area contributed by atoms with Crippen LogP contribution in [0.1, 0.15) is 49.5 Å². The highest BCUT2D eigenvalue weighted by molar-refractivity contribution is 6.07. The van der Waals surface area contributed by atoms with Gasteiger partial charge in [-0.25, -0.2) is 0 Å². The number of nitrogens with two attached hydrogens (primary N) is 1. The molecular formula is C25H31NO6. The van der Waals surface area contributed by atoms with Gasteiger partial charge in [0.1, 0.15) is 24.0 Å². The predicted octanol–water partition coefficient (Wildman–Crippen LogP) is 3.52. The molecule has 1 atom stereocenters. The van der Waals surface area contributed by atoms with Crippen LogP contribution in [-0.4, -0.2) is 42.9 Å². The second kappa shape index (κ2) is 11.4. The number of benzene rings is 2. The predicted molar refractivity (Wildman–Crippen MR) is 121 cm³/mol. The molecular weight excluding hydrogens is 410 g/mol. The molecule has 2 N–H and O–H groups in total. The fourth-order valence-electron chi connectivity index (χ4n) is 2.89. The number of carbonyl (C=O) groups excluding carboxylic acids is 3. The van der Waals surface area contributed by atoms with Gasteiger partial charge in [-0.05, 0) is 44.9 Å². The second-order valence-corrected chi connectivity index (χ2v) is 8.44. The average Bonchev–Trinajstić information content (AvgIpc) is 2.75. The zero-order chi connectivity index (χ0) is 23.7. The van der Waals surface area contributed by atoms with Crippen LogP contribution < -0.4 is 15.2 Å². The Labute approximate surface area is 188 Å². The maximum absolute atomic E-state index is 12.2. The molecule has 0 aliphatic carbocycles. The number of methoxy groups -OCH3 is 1. The number of rotatable bonds is 11. The van der Waals surface area contributed by atoms with Crippen LogP contribution in [0.25, 0.3) is 0 Å². The molecule has 0 radical (unpaired) electrons. The van der Waals surface area contributed by atoms with Gasteiger partial charge in [0.15, 0.2) is 17.3 Å². The smallest absolute Gasteiger partial charge is 0.326 e. The first-order valence-corrected chi connectivity index (χ1v) is 10.5. The Morgan fingerprint density at radius 3 is 2.31 bits per heavy atom. The molecule has 7 heteroatoms. The van der Waals surface area contributed by atoms with Crippen LogP contribution >= 0.6 is 0 Å². The van der Waals surface area contributed by atoms with Crippen LogP contribution in [0.3, 0.4) is 0 Å². The summed E-state index contributed by atoms with van der Waals surface area (Å²) in [6.45, 7) is 5.23. The van der Waals surface area contributed by atoms with Crippen LogP contribution in [0.5, 0.6) is 11.5 Å². The van der Waals surface area contributed by atoms with E-state index in [0.29, 0.717) is 23.5 Å². The first kappa shape index (κ1) is 25.1. The lowest BCUT2D eigenvalue weighted by molar-refractivity contribution is -0.157. The van der Waals surface area contributed by atoms with Crippen molar-refractivity contribution in [1.82, 2.24) is 0 Å². The van der Waals surface area contributed by atoms with Crippen molar-refractivity contribution in [1.29, 1.82) is 0 Å². The highest BCUT2D eigenvalue weighted by atomic mass is 16.6. The van der Waals surface area contributed by atoms with Crippen molar-refractivity contribution < 1.29 is 28.6 Å². The SMILES string of the molecule is COc1cc(CCC(=O)CC(=O)c2ccccc2)ccc1OCC(N)C(=O)OC(C)(C)C. The highest BCUT2D eigenvalue weighted by Gasteiger charge is 2.23. The maximum Gasteiger partial charge on any atom is 0.326 e. The van der Waals surface area contributed by atoms with Gasteiger partial charge in [0.25, 0.3) is 0 Å². The third kappa shape index (κ3) is 8.15. The fourth-order valence-corrected chi connectivity index (χ4v) is 2.89. The van der Waals surface area contributed by atoms with E-state index in [1.54, 1.807) is 57.2 Å². The molecule has 0 aromatic heterocycles. The summed E-state index contributed by atoms with van der Waals surface area (Å²) in [7, 11) is 1.50. The van der Waals surface area contributed by atoms with E-state index in [-0.39, 0.29) is 31.0 Å². The van der Waals surface area contributed by atoms with Crippen LogP contribution in [-0.2, 0) is 20.7 Å². The van der Waals surface area contributed by atoms with Gasteiger partial charge in [-0.1, -0.05) is 36.4 Å². The molecule has 172 valence electrons. The number of hydrogen-bond donors (Lipinski definition) is 1. The van der Waals surface area contributed by atoms with E-state index in [2.05, 4.69) is 0 Å². The van der Waals surface area contributed by atoms with Crippen molar-refractivity contribution in [3.8, 4) is 11.5 Å². The molecule has 0 saturated heterocycles. The van der Waals surface area contributed by atoms with Crippen molar-refractivity contribution >= 4 is 17.5 Å². The summed E-state index contributed by atoms with van der Waals surface area (Å²) < 4.78 is 16.3. The lowest BCUT2D eigenvalue weighted by Crippen LogP contribution is -2.41. The normalized spacial score (nSPS) is 12.0. The molecule has 2 rings (SSSR count). The van der Waals surface area contributed by atoms with Gasteiger partial charge in [-0.15, -0.1) is 0 Å². The van der Waals surface area contributed by atoms with E-state index in [1.807, 2.05) is 12.1 Å². The van der Waals surface area contributed by atoms with Gasteiger partial charge in [-0.2, -0.15) is 0 Å². The number of aryl methyl sites for hydroxylation is 1. The molecule has 32 heavy (non-hydrogen) atoms. The summed E-state index contributed by atoms with van der Waals surface area (Å²) in [6.07, 6.45) is 0.589. The third-order valence-corrected chi connectivity index (χ3v) is 4.50. The molecule has 0 amide bonds. The highest BCUT2D eigenvalue weighted by Crippen LogP contribution is 2.29. The molecule has 0 saturated carbocycles. The topological polar surface area (TPSA) is 105 Å². The quantitative estimate of drug-likeness (QED) is 0.323. The van der Waals surface area contributed by atoms with E-state index in [0.717, 1.165) is 5.56 Å². The van der Waals surface area contributed by atoms with Crippen molar-refractivity contribution in [3.05, 3.63) is 59.7 Å².